The molecule has 0 aliphatic carbocycles. The Kier molecular flexibility index (Phi) is 10.1. The van der Waals surface area contributed by atoms with Crippen molar-refractivity contribution in [3.8, 4) is 5.75 Å². The Bertz CT molecular complexity index is 489. The number of carbonyl (C=O) groups is 1. The second-order valence-electron chi connectivity index (χ2n) is 5.99. The second-order valence-corrected chi connectivity index (χ2v) is 5.99. The lowest BCUT2D eigenvalue weighted by molar-refractivity contribution is -0.288. The predicted octanol–water partition coefficient (Wildman–Crippen LogP) is 5.60. The third-order valence-corrected chi connectivity index (χ3v) is 3.49. The largest absolute Gasteiger partial charge is 0.336 e. The summed E-state index contributed by atoms with van der Waals surface area (Å²) in [6.45, 7) is 11.6. The maximum Gasteiger partial charge on any atom is 0.176 e. The van der Waals surface area contributed by atoms with E-state index in [9.17, 15) is 4.79 Å². The predicted molar refractivity (Wildman–Crippen MR) is 95.5 cm³/mol. The highest BCUT2D eigenvalue weighted by atomic mass is 17.2. The number of para-hydroxylation sites is 1. The molecule has 1 N–H and O–H groups in total. The summed E-state index contributed by atoms with van der Waals surface area (Å²) in [6, 6.07) is 7.24. The lowest BCUT2D eigenvalue weighted by Crippen LogP contribution is -2.28. The average molecular weight is 321 g/mol. The van der Waals surface area contributed by atoms with E-state index in [2.05, 4.69) is 13.8 Å². The van der Waals surface area contributed by atoms with Crippen LogP contribution in [0.5, 0.6) is 5.75 Å². The van der Waals surface area contributed by atoms with Gasteiger partial charge in [0.05, 0.1) is 5.56 Å². The Labute approximate surface area is 140 Å². The van der Waals surface area contributed by atoms with Crippen LogP contribution in [0.2, 0.25) is 0 Å². The Hall–Kier alpha value is -1.68. The topological polar surface area (TPSA) is 59.4 Å². The van der Waals surface area contributed by atoms with Crippen LogP contribution in [-0.2, 0) is 4.89 Å². The van der Waals surface area contributed by atoms with Gasteiger partial charge in [-0.2, -0.15) is 4.89 Å². The van der Waals surface area contributed by atoms with Gasteiger partial charge in [0, 0.05) is 12.1 Å². The first kappa shape index (κ1) is 21.3. The number of ketones is 1. The van der Waals surface area contributed by atoms with E-state index in [4.69, 9.17) is 15.2 Å². The molecule has 0 unspecified atom stereocenters. The van der Waals surface area contributed by atoms with Gasteiger partial charge >= 0.3 is 0 Å². The molecule has 23 heavy (non-hydrogen) atoms. The standard InChI is InChI=1S/C16H24O3.C3H7N/c1-5-10-14(17)13-11-8-9-12-15(13)18-19-16(4,6-2)7-3;1-3(2)4/h8-9,11-12H,5-7,10H2,1-4H3;4H,1-2H3. The van der Waals surface area contributed by atoms with Gasteiger partial charge in [-0.15, -0.1) is 0 Å². The van der Waals surface area contributed by atoms with E-state index >= 15 is 0 Å². The first-order valence-corrected chi connectivity index (χ1v) is 8.29. The molecular formula is C19H31NO3. The summed E-state index contributed by atoms with van der Waals surface area (Å²) in [5.74, 6) is 0.602. The van der Waals surface area contributed by atoms with Gasteiger partial charge < -0.3 is 10.3 Å². The summed E-state index contributed by atoms with van der Waals surface area (Å²) in [5, 5.41) is 6.50. The van der Waals surface area contributed by atoms with E-state index in [1.807, 2.05) is 26.0 Å². The number of carbonyl (C=O) groups excluding carboxylic acids is 1. The van der Waals surface area contributed by atoms with Gasteiger partial charge in [0.15, 0.2) is 11.5 Å². The van der Waals surface area contributed by atoms with Crippen LogP contribution in [0.25, 0.3) is 0 Å². The number of Topliss-reactive ketones (excluding diaryl/α,β-unsaturated/α-hetero) is 1. The van der Waals surface area contributed by atoms with Crippen molar-refractivity contribution in [2.45, 2.75) is 72.8 Å². The van der Waals surface area contributed by atoms with Crippen molar-refractivity contribution in [3.05, 3.63) is 29.8 Å². The molecule has 1 aromatic carbocycles. The molecule has 0 aliphatic heterocycles. The summed E-state index contributed by atoms with van der Waals surface area (Å²) in [4.78, 5) is 23.0. The summed E-state index contributed by atoms with van der Waals surface area (Å²) in [7, 11) is 0. The first-order valence-electron chi connectivity index (χ1n) is 8.29. The molecular weight excluding hydrogens is 290 g/mol. The number of hydrogen-bond donors (Lipinski definition) is 1. The van der Waals surface area contributed by atoms with Crippen LogP contribution in [0, 0.1) is 5.41 Å². The van der Waals surface area contributed by atoms with Crippen molar-refractivity contribution in [1.82, 2.24) is 0 Å². The molecule has 0 fully saturated rings. The Balaban J connectivity index is 0.00000108. The SMILES string of the molecule is CC(C)=N.CCCC(=O)c1ccccc1OOC(C)(CC)CC. The van der Waals surface area contributed by atoms with Gasteiger partial charge in [-0.3, -0.25) is 4.79 Å². The Morgan fingerprint density at radius 1 is 1.13 bits per heavy atom. The highest BCUT2D eigenvalue weighted by Crippen LogP contribution is 2.25. The molecule has 0 atom stereocenters. The molecule has 0 aromatic heterocycles. The van der Waals surface area contributed by atoms with Crippen LogP contribution in [0.3, 0.4) is 0 Å². The average Bonchev–Trinajstić information content (AvgIpc) is 2.52. The molecule has 0 spiro atoms. The van der Waals surface area contributed by atoms with Gasteiger partial charge in [-0.25, -0.2) is 0 Å². The van der Waals surface area contributed by atoms with Crippen molar-refractivity contribution >= 4 is 11.5 Å². The lowest BCUT2D eigenvalue weighted by atomic mass is 10.0. The van der Waals surface area contributed by atoms with Crippen LogP contribution in [-0.4, -0.2) is 17.1 Å². The quantitative estimate of drug-likeness (QED) is 0.293. The zero-order valence-electron chi connectivity index (χ0n) is 15.4. The molecule has 0 bridgehead atoms. The van der Waals surface area contributed by atoms with Crippen LogP contribution in [0.15, 0.2) is 24.3 Å². The molecule has 130 valence electrons. The van der Waals surface area contributed by atoms with Gasteiger partial charge in [-0.1, -0.05) is 32.9 Å². The van der Waals surface area contributed by atoms with Gasteiger partial charge in [-0.05, 0) is 52.2 Å². The van der Waals surface area contributed by atoms with E-state index < -0.39 is 0 Å². The van der Waals surface area contributed by atoms with E-state index in [0.717, 1.165) is 19.3 Å². The van der Waals surface area contributed by atoms with E-state index in [1.54, 1.807) is 26.0 Å². The van der Waals surface area contributed by atoms with Crippen LogP contribution in [0.1, 0.15) is 77.6 Å². The molecule has 0 saturated carbocycles. The minimum Gasteiger partial charge on any atom is -0.336 e. The second kappa shape index (κ2) is 10.9. The minimum absolute atomic E-state index is 0.0939. The molecule has 0 saturated heterocycles. The Morgan fingerprint density at radius 3 is 2.13 bits per heavy atom. The fourth-order valence-electron chi connectivity index (χ4n) is 1.64. The van der Waals surface area contributed by atoms with Crippen molar-refractivity contribution < 1.29 is 14.6 Å². The maximum absolute atomic E-state index is 12.0. The van der Waals surface area contributed by atoms with Gasteiger partial charge in [0.25, 0.3) is 0 Å². The highest BCUT2D eigenvalue weighted by Gasteiger charge is 2.23. The van der Waals surface area contributed by atoms with Gasteiger partial charge in [0.2, 0.25) is 0 Å². The minimum atomic E-state index is -0.319. The normalized spacial score (nSPS) is 10.5. The van der Waals surface area contributed by atoms with Crippen LogP contribution >= 0.6 is 0 Å². The monoisotopic (exact) mass is 321 g/mol. The van der Waals surface area contributed by atoms with E-state index in [1.165, 1.54) is 0 Å². The zero-order valence-corrected chi connectivity index (χ0v) is 15.4. The summed E-state index contributed by atoms with van der Waals surface area (Å²) < 4.78 is 0. The van der Waals surface area contributed by atoms with Crippen LogP contribution in [0.4, 0.5) is 0 Å². The molecule has 0 heterocycles. The summed E-state index contributed by atoms with van der Waals surface area (Å²) in [6.07, 6.45) is 3.07. The molecule has 0 radical (unpaired) electrons. The number of benzene rings is 1. The van der Waals surface area contributed by atoms with Crippen LogP contribution < -0.4 is 4.89 Å². The third-order valence-electron chi connectivity index (χ3n) is 3.49. The fourth-order valence-corrected chi connectivity index (χ4v) is 1.64. The Morgan fingerprint density at radius 2 is 1.65 bits per heavy atom. The molecule has 4 nitrogen and oxygen atoms in total. The first-order chi connectivity index (χ1) is 10.8. The van der Waals surface area contributed by atoms with Gasteiger partial charge in [0.1, 0.15) is 5.60 Å². The van der Waals surface area contributed by atoms with Crippen molar-refractivity contribution in [2.75, 3.05) is 0 Å². The lowest BCUT2D eigenvalue weighted by Gasteiger charge is -2.25. The number of nitrogens with one attached hydrogen (secondary N) is 1. The van der Waals surface area contributed by atoms with Crippen molar-refractivity contribution in [1.29, 1.82) is 5.41 Å². The summed E-state index contributed by atoms with van der Waals surface area (Å²) >= 11 is 0. The molecule has 1 rings (SSSR count). The molecule has 4 heteroatoms. The number of rotatable bonds is 8. The summed E-state index contributed by atoms with van der Waals surface area (Å²) in [5.41, 5.74) is 0.944. The van der Waals surface area contributed by atoms with Crippen molar-refractivity contribution in [3.63, 3.8) is 0 Å². The zero-order chi connectivity index (χ0) is 17.9. The smallest absolute Gasteiger partial charge is 0.176 e. The maximum atomic E-state index is 12.0. The van der Waals surface area contributed by atoms with E-state index in [-0.39, 0.29) is 11.4 Å². The number of hydrogen-bond acceptors (Lipinski definition) is 4. The fraction of sp³-hybridized carbons (Fsp3) is 0.579. The molecule has 1 aromatic rings. The van der Waals surface area contributed by atoms with E-state index in [0.29, 0.717) is 23.4 Å². The molecule has 0 aliphatic rings. The molecule has 0 amide bonds. The highest BCUT2D eigenvalue weighted by molar-refractivity contribution is 5.98. The third kappa shape index (κ3) is 8.50. The van der Waals surface area contributed by atoms with Crippen molar-refractivity contribution in [2.24, 2.45) is 0 Å².